The van der Waals surface area contributed by atoms with E-state index in [1.54, 1.807) is 88.8 Å². The Bertz CT molecular complexity index is 6000. The van der Waals surface area contributed by atoms with Crippen molar-refractivity contribution in [1.29, 1.82) is 0 Å². The highest BCUT2D eigenvalue weighted by Gasteiger charge is 2.41. The second-order valence-electron chi connectivity index (χ2n) is 30.4. The van der Waals surface area contributed by atoms with E-state index in [9.17, 15) is 46.7 Å². The molecule has 36 heteroatoms. The van der Waals surface area contributed by atoms with Crippen LogP contribution >= 0.6 is 34.8 Å². The van der Waals surface area contributed by atoms with E-state index >= 15 is 13.2 Å². The molecule has 3 unspecified atom stereocenters. The number of amides is 4. The van der Waals surface area contributed by atoms with Gasteiger partial charge >= 0.3 is 17.1 Å². The fourth-order valence-corrected chi connectivity index (χ4v) is 18.2. The lowest BCUT2D eigenvalue weighted by molar-refractivity contribution is -0.128. The van der Waals surface area contributed by atoms with E-state index < -0.39 is 70.1 Å². The van der Waals surface area contributed by atoms with Crippen molar-refractivity contribution in [3.8, 4) is 50.6 Å². The van der Waals surface area contributed by atoms with Gasteiger partial charge in [0.25, 0.3) is 0 Å². The summed E-state index contributed by atoms with van der Waals surface area (Å²) in [5.41, 5.74) is 0.462. The molecule has 4 fully saturated rings. The van der Waals surface area contributed by atoms with Crippen LogP contribution in [0, 0.1) is 34.9 Å². The third-order valence-corrected chi connectivity index (χ3v) is 23.8. The van der Waals surface area contributed by atoms with Gasteiger partial charge in [0.15, 0.2) is 17.2 Å². The lowest BCUT2D eigenvalue weighted by atomic mass is 9.99. The summed E-state index contributed by atoms with van der Waals surface area (Å²) in [7, 11) is 0. The predicted octanol–water partition coefficient (Wildman–Crippen LogP) is 11.9. The van der Waals surface area contributed by atoms with E-state index in [-0.39, 0.29) is 134 Å². The first kappa shape index (κ1) is 82.2. The second-order valence-corrected chi connectivity index (χ2v) is 31.7. The number of hydrogen-bond donors (Lipinski definition) is 0. The lowest BCUT2D eigenvalue weighted by Crippen LogP contribution is -2.54. The van der Waals surface area contributed by atoms with Crippen LogP contribution in [0.3, 0.4) is 0 Å². The van der Waals surface area contributed by atoms with Gasteiger partial charge in [-0.15, -0.1) is 0 Å². The van der Waals surface area contributed by atoms with Crippen molar-refractivity contribution >= 4 is 109 Å². The van der Waals surface area contributed by atoms with Crippen molar-refractivity contribution in [2.45, 2.75) is 83.0 Å². The minimum atomic E-state index is -0.823. The number of carbonyl (C=O) groups is 4. The van der Waals surface area contributed by atoms with Crippen LogP contribution in [0.4, 0.5) is 43.8 Å². The number of anilines is 3. The average molecular weight is 1720 g/mol. The fraction of sp³-hybridized carbons (Fsp3) is 0.318. The highest BCUT2D eigenvalue weighted by atomic mass is 35.5. The third-order valence-electron chi connectivity index (χ3n) is 22.9. The van der Waals surface area contributed by atoms with Crippen LogP contribution in [0.5, 0.6) is 17.2 Å². The molecule has 0 spiro atoms. The molecule has 626 valence electrons. The number of hydrogen-bond acceptors (Lipinski definition) is 18. The van der Waals surface area contributed by atoms with Crippen molar-refractivity contribution in [3.05, 3.63) is 229 Å². The molecule has 18 rings (SSSR count). The normalized spacial score (nSPS) is 19.2. The molecule has 12 heterocycles. The number of imidazole rings is 1. The Kier molecular flexibility index (Phi) is 22.8. The van der Waals surface area contributed by atoms with Crippen molar-refractivity contribution in [2.24, 2.45) is 0 Å². The first-order valence-electron chi connectivity index (χ1n) is 39.1. The fourth-order valence-electron chi connectivity index (χ4n) is 17.3. The number of rotatable bonds is 15. The van der Waals surface area contributed by atoms with Crippen molar-refractivity contribution in [2.75, 3.05) is 107 Å². The van der Waals surface area contributed by atoms with Crippen molar-refractivity contribution in [1.82, 2.24) is 67.6 Å². The van der Waals surface area contributed by atoms with Crippen LogP contribution in [-0.4, -0.2) is 201 Å². The Morgan fingerprint density at radius 2 is 0.851 bits per heavy atom. The molecule has 7 aliphatic heterocycles. The largest absolute Gasteiger partial charge is 0.488 e. The molecule has 6 atom stereocenters. The minimum Gasteiger partial charge on any atom is -0.488 e. The molecule has 121 heavy (non-hydrogen) atoms. The average Bonchev–Trinajstić information content (AvgIpc) is 1.45. The Hall–Kier alpha value is -12.5. The number of carbonyl (C=O) groups excluding carboxylic acids is 4. The molecular weight excluding hydrogens is 1640 g/mol. The van der Waals surface area contributed by atoms with Gasteiger partial charge in [0.1, 0.15) is 72.2 Å². The third kappa shape index (κ3) is 15.4. The molecular formula is C85H78Cl3F6N17O10. The topological polar surface area (TPSA) is 259 Å². The van der Waals surface area contributed by atoms with Crippen LogP contribution in [0.1, 0.15) is 51.7 Å². The maximum atomic E-state index is 15.0. The number of ether oxygens (including phenoxy) is 3. The Balaban J connectivity index is 0.000000135. The molecule has 0 saturated carbocycles. The summed E-state index contributed by atoms with van der Waals surface area (Å²) in [6.45, 7) is 22.0. The molecule has 4 saturated heterocycles. The van der Waals surface area contributed by atoms with Crippen LogP contribution in [0.25, 0.3) is 66.1 Å². The maximum absolute atomic E-state index is 15.0. The van der Waals surface area contributed by atoms with Gasteiger partial charge < -0.3 is 53.1 Å². The van der Waals surface area contributed by atoms with Gasteiger partial charge in [-0.3, -0.25) is 37.6 Å². The number of nitrogens with zero attached hydrogens (tertiary/aromatic N) is 17. The summed E-state index contributed by atoms with van der Waals surface area (Å²) in [6, 6.07) is 14.4. The number of likely N-dealkylation sites (tertiary alicyclic amines) is 1. The molecule has 11 aromatic rings. The van der Waals surface area contributed by atoms with E-state index in [1.807, 2.05) is 40.0 Å². The zero-order chi connectivity index (χ0) is 85.3. The zero-order valence-electron chi connectivity index (χ0n) is 65.5. The molecule has 7 aliphatic rings. The van der Waals surface area contributed by atoms with Crippen molar-refractivity contribution < 1.29 is 59.7 Å². The Morgan fingerprint density at radius 3 is 1.17 bits per heavy atom. The monoisotopic (exact) mass is 1720 g/mol. The summed E-state index contributed by atoms with van der Waals surface area (Å²) >= 11 is 20.3. The first-order valence-corrected chi connectivity index (χ1v) is 40.2. The second kappa shape index (κ2) is 33.6. The van der Waals surface area contributed by atoms with Gasteiger partial charge in [-0.05, 0) is 106 Å². The Morgan fingerprint density at radius 1 is 0.479 bits per heavy atom. The SMILES string of the molecule is C=CC(=O)N1CCN(c2nc(=O)n3c4c(c(-c5ccc(F)cc5F)c(Cl)cc24)OCC3CN2CCCC2=O)[C@@H](C)C1.C=CC(=O)N1CCN(c2nc(=O)n3c4c(c(-c5ccc(F)cc5F)c(Cl)cc24)OCC3Cn2cccn2)[C@@H](C)C1.C=CC(=O)N1CCN(c2nc(=O)n3c4c(c(-c5ccc(F)cc5F)c(Cl)cc24)OCC3Cn2ccnc2)[C@@H](C)C1. The lowest BCUT2D eigenvalue weighted by Gasteiger charge is -2.41. The minimum absolute atomic E-state index is 0.00983. The molecule has 6 aromatic carbocycles. The smallest absolute Gasteiger partial charge is 0.350 e. The van der Waals surface area contributed by atoms with Gasteiger partial charge in [-0.25, -0.2) is 45.7 Å². The maximum Gasteiger partial charge on any atom is 0.350 e. The number of halogens is 9. The highest BCUT2D eigenvalue weighted by Crippen LogP contribution is 2.52. The summed E-state index contributed by atoms with van der Waals surface area (Å²) in [4.78, 5) is 121. The van der Waals surface area contributed by atoms with Crippen LogP contribution < -0.4 is 46.0 Å². The van der Waals surface area contributed by atoms with Crippen LogP contribution in [0.2, 0.25) is 15.1 Å². The van der Waals surface area contributed by atoms with E-state index in [0.717, 1.165) is 42.8 Å². The summed E-state index contributed by atoms with van der Waals surface area (Å²) in [6.07, 6.45) is 13.5. The molecule has 0 N–H and O–H groups in total. The van der Waals surface area contributed by atoms with E-state index in [1.165, 1.54) is 41.0 Å². The predicted molar refractivity (Wildman–Crippen MR) is 444 cm³/mol. The summed E-state index contributed by atoms with van der Waals surface area (Å²) in [5, 5.41) is 6.36. The zero-order valence-corrected chi connectivity index (χ0v) is 67.8. The molecule has 0 aliphatic carbocycles. The van der Waals surface area contributed by atoms with Crippen LogP contribution in [-0.2, 0) is 32.3 Å². The molecule has 0 bridgehead atoms. The molecule has 0 radical (unpaired) electrons. The molecule has 4 amide bonds. The number of aromatic nitrogens is 10. The van der Waals surface area contributed by atoms with E-state index in [0.29, 0.717) is 135 Å². The van der Waals surface area contributed by atoms with Crippen molar-refractivity contribution in [3.63, 3.8) is 0 Å². The van der Waals surface area contributed by atoms with Gasteiger partial charge in [0.05, 0.1) is 62.6 Å². The van der Waals surface area contributed by atoms with Crippen LogP contribution in [0.15, 0.2) is 162 Å². The summed E-state index contributed by atoms with van der Waals surface area (Å²) < 4.78 is 113. The summed E-state index contributed by atoms with van der Waals surface area (Å²) in [5.74, 6) is -3.31. The van der Waals surface area contributed by atoms with Gasteiger partial charge in [-0.2, -0.15) is 20.1 Å². The van der Waals surface area contributed by atoms with Gasteiger partial charge in [0, 0.05) is 196 Å². The van der Waals surface area contributed by atoms with Gasteiger partial charge in [-0.1, -0.05) is 54.5 Å². The standard InChI is InChI=1S/C29H28ClF2N5O4.2C28H25ClF2N6O3/c1-3-23(38)35-9-10-36(16(2)13-35)28-20-12-21(30)25(19-7-6-17(31)11-22(19)32)27-26(20)37(29(40)33-28)18(15-41-27)14-34-8-4-5-24(34)39;1-3-23(38)34-9-10-36(16(2)13-34)27-20-12-21(29)24(19-6-5-17(30)11-22(19)31)26-25(20)37(28(39)33-27)18(15-40-26)14-35-8-4-7-32-35;1-3-23(38)35-8-9-36(16(2)12-35)27-20-11-21(29)24(19-5-4-17(30)10-22(19)31)26-25(20)37(28(39)33-27)18(14-40-26)13-34-7-6-32-15-34/h3,6-7,11-12,16,18H,1,4-5,8-10,13-15H2,2H3;3-8,11-12,16,18H,1,9-10,13-15H2,2H3;3-7,10-11,15-16,18H,1,8-9,12-14H2,2H3/t3*16-,18?/m000/s1. The van der Waals surface area contributed by atoms with Gasteiger partial charge in [0.2, 0.25) is 23.6 Å². The first-order chi connectivity index (χ1) is 58.2. The molecule has 27 nitrogen and oxygen atoms in total. The molecule has 5 aromatic heterocycles. The quantitative estimate of drug-likeness (QED) is 0.0682. The number of benzene rings is 6. The van der Waals surface area contributed by atoms with E-state index in [4.69, 9.17) is 49.0 Å². The number of piperazine rings is 3. The highest BCUT2D eigenvalue weighted by molar-refractivity contribution is 6.36. The Labute approximate surface area is 701 Å². The van der Waals surface area contributed by atoms with E-state index in [2.05, 4.69) is 44.8 Å².